The highest BCUT2D eigenvalue weighted by Crippen LogP contribution is 2.61. The fourth-order valence-electron chi connectivity index (χ4n) is 6.99. The average molecular weight is 623 g/mol. The zero-order valence-electron chi connectivity index (χ0n) is 25.6. The molecular formula is C33H37F3N6O3. The number of fused-ring (bicyclic) bond motifs is 1. The molecule has 4 aliphatic rings. The normalized spacial score (nSPS) is 24.1. The predicted molar refractivity (Wildman–Crippen MR) is 164 cm³/mol. The Morgan fingerprint density at radius 1 is 1.16 bits per heavy atom. The third kappa shape index (κ3) is 6.18. The number of ether oxygens (including phenoxy) is 1. The molecule has 3 aromatic rings. The van der Waals surface area contributed by atoms with E-state index in [9.17, 15) is 22.8 Å². The monoisotopic (exact) mass is 622 g/mol. The van der Waals surface area contributed by atoms with E-state index in [4.69, 9.17) is 4.74 Å². The van der Waals surface area contributed by atoms with E-state index in [2.05, 4.69) is 44.6 Å². The zero-order chi connectivity index (χ0) is 31.9. The molecule has 2 atom stereocenters. The van der Waals surface area contributed by atoms with Gasteiger partial charge in [0.2, 0.25) is 0 Å². The number of nitrogens with zero attached hydrogens (tertiary/aromatic N) is 3. The summed E-state index contributed by atoms with van der Waals surface area (Å²) in [7, 11) is 3.03. The molecule has 7 rings (SSSR count). The van der Waals surface area contributed by atoms with Gasteiger partial charge in [-0.15, -0.1) is 0 Å². The topological polar surface area (TPSA) is 101 Å². The largest absolute Gasteiger partial charge is 0.495 e. The van der Waals surface area contributed by atoms with Gasteiger partial charge in [-0.2, -0.15) is 13.2 Å². The number of carbonyl (C=O) groups is 2. The van der Waals surface area contributed by atoms with Gasteiger partial charge in [0, 0.05) is 42.8 Å². The number of alkyl halides is 3. The van der Waals surface area contributed by atoms with Gasteiger partial charge in [-0.3, -0.25) is 14.5 Å². The summed E-state index contributed by atoms with van der Waals surface area (Å²) in [6.45, 7) is 2.94. The van der Waals surface area contributed by atoms with Gasteiger partial charge in [0.25, 0.3) is 11.8 Å². The number of rotatable bonds is 8. The number of hydrogen-bond donors (Lipinski definition) is 3. The van der Waals surface area contributed by atoms with Crippen molar-refractivity contribution in [3.05, 3.63) is 53.3 Å². The molecule has 3 aliphatic carbocycles. The van der Waals surface area contributed by atoms with Crippen LogP contribution in [-0.4, -0.2) is 77.8 Å². The number of hydrogen-bond acceptors (Lipinski definition) is 6. The minimum absolute atomic E-state index is 0.0443. The summed E-state index contributed by atoms with van der Waals surface area (Å²) in [5.74, 6) is 6.95. The lowest BCUT2D eigenvalue weighted by Crippen LogP contribution is -2.70. The number of nitrogens with one attached hydrogen (secondary N) is 3. The second-order valence-corrected chi connectivity index (χ2v) is 12.5. The number of imidazole rings is 1. The van der Waals surface area contributed by atoms with Crippen LogP contribution in [0.1, 0.15) is 58.9 Å². The van der Waals surface area contributed by atoms with Gasteiger partial charge in [-0.1, -0.05) is 18.8 Å². The molecule has 4 fully saturated rings. The van der Waals surface area contributed by atoms with E-state index < -0.39 is 12.7 Å². The maximum atomic E-state index is 13.7. The van der Waals surface area contributed by atoms with Crippen LogP contribution in [0.3, 0.4) is 0 Å². The fraction of sp³-hybridized carbons (Fsp3) is 0.485. The third-order valence-corrected chi connectivity index (χ3v) is 9.51. The summed E-state index contributed by atoms with van der Waals surface area (Å²) in [5, 5.41) is 8.86. The summed E-state index contributed by atoms with van der Waals surface area (Å²) >= 11 is 0. The first-order valence-corrected chi connectivity index (χ1v) is 15.2. The second kappa shape index (κ2) is 11.9. The molecule has 1 saturated heterocycles. The van der Waals surface area contributed by atoms with Crippen LogP contribution in [0, 0.1) is 23.7 Å². The average Bonchev–Trinajstić information content (AvgIpc) is 3.35. The SMILES string of the molecule is CNC(=O)c1ccc(NCC#Cc2cc(C(=O)NC3CCN(C45CC(C4)C5)CC3C)c3ncn(CC(F)(F)F)c3c2)c(OC)c1. The first kappa shape index (κ1) is 30.8. The lowest BCUT2D eigenvalue weighted by atomic mass is 9.48. The molecule has 2 amide bonds. The highest BCUT2D eigenvalue weighted by atomic mass is 19.4. The molecule has 3 saturated carbocycles. The second-order valence-electron chi connectivity index (χ2n) is 12.5. The van der Waals surface area contributed by atoms with Gasteiger partial charge >= 0.3 is 6.18 Å². The number of halogens is 3. The molecule has 3 N–H and O–H groups in total. The van der Waals surface area contributed by atoms with Gasteiger partial charge in [0.1, 0.15) is 17.8 Å². The first-order valence-electron chi connectivity index (χ1n) is 15.2. The Bertz CT molecular complexity index is 1670. The maximum absolute atomic E-state index is 13.7. The Morgan fingerprint density at radius 2 is 1.93 bits per heavy atom. The number of benzene rings is 2. The summed E-state index contributed by atoms with van der Waals surface area (Å²) in [4.78, 5) is 32.4. The van der Waals surface area contributed by atoms with Crippen LogP contribution in [-0.2, 0) is 6.54 Å². The lowest BCUT2D eigenvalue weighted by molar-refractivity contribution is -0.156. The molecule has 2 heterocycles. The molecule has 45 heavy (non-hydrogen) atoms. The number of anilines is 1. The summed E-state index contributed by atoms with van der Waals surface area (Å²) < 4.78 is 46.5. The smallest absolute Gasteiger partial charge is 0.406 e. The number of piperidine rings is 1. The van der Waals surface area contributed by atoms with Crippen LogP contribution < -0.4 is 20.7 Å². The Hall–Kier alpha value is -4.24. The molecule has 2 aromatic carbocycles. The Kier molecular flexibility index (Phi) is 8.16. The summed E-state index contributed by atoms with van der Waals surface area (Å²) in [5.41, 5.74) is 2.43. The Balaban J connectivity index is 1.20. The number of amides is 2. The fourth-order valence-corrected chi connectivity index (χ4v) is 6.99. The molecule has 2 bridgehead atoms. The van der Waals surface area contributed by atoms with Crippen LogP contribution in [0.2, 0.25) is 0 Å². The standard InChI is InChI=1S/C33H37F3N6O3/c1-20-17-42(32-14-22(15-32)16-32)10-8-25(20)40-31(44)24-11-21(12-27-29(24)39-19-41(27)18-33(34,35)36)5-4-9-38-26-7-6-23(30(43)37-2)13-28(26)45-3/h6-7,11-13,19-20,22,25,38H,8-10,14-18H2,1-3H3,(H,37,43)(H,40,44). The van der Waals surface area contributed by atoms with Crippen molar-refractivity contribution >= 4 is 28.5 Å². The number of methoxy groups -OCH3 is 1. The summed E-state index contributed by atoms with van der Waals surface area (Å²) in [6.07, 6.45) is 1.34. The van der Waals surface area contributed by atoms with Crippen LogP contribution in [0.4, 0.5) is 18.9 Å². The van der Waals surface area contributed by atoms with Gasteiger partial charge in [-0.25, -0.2) is 4.98 Å². The minimum Gasteiger partial charge on any atom is -0.495 e. The van der Waals surface area contributed by atoms with Crippen molar-refractivity contribution in [2.75, 3.05) is 39.1 Å². The van der Waals surface area contributed by atoms with Crippen LogP contribution >= 0.6 is 0 Å². The van der Waals surface area contributed by atoms with Crippen molar-refractivity contribution < 1.29 is 27.5 Å². The number of carbonyl (C=O) groups excluding carboxylic acids is 2. The summed E-state index contributed by atoms with van der Waals surface area (Å²) in [6, 6.07) is 8.04. The van der Waals surface area contributed by atoms with E-state index in [-0.39, 0.29) is 46.9 Å². The minimum atomic E-state index is -4.46. The zero-order valence-corrected chi connectivity index (χ0v) is 25.6. The van der Waals surface area contributed by atoms with Gasteiger partial charge in [0.05, 0.1) is 36.7 Å². The molecule has 238 valence electrons. The molecule has 1 aliphatic heterocycles. The van der Waals surface area contributed by atoms with Crippen molar-refractivity contribution in [1.29, 1.82) is 0 Å². The third-order valence-electron chi connectivity index (χ3n) is 9.51. The van der Waals surface area contributed by atoms with E-state index in [0.717, 1.165) is 36.3 Å². The molecule has 1 aromatic heterocycles. The Morgan fingerprint density at radius 3 is 2.58 bits per heavy atom. The quantitative estimate of drug-likeness (QED) is 0.322. The van der Waals surface area contributed by atoms with Gasteiger partial charge < -0.3 is 25.3 Å². The molecule has 0 spiro atoms. The van der Waals surface area contributed by atoms with E-state index >= 15 is 0 Å². The van der Waals surface area contributed by atoms with Crippen LogP contribution in [0.5, 0.6) is 5.75 Å². The lowest BCUT2D eigenvalue weighted by Gasteiger charge is -2.68. The number of likely N-dealkylation sites (tertiary alicyclic amines) is 1. The molecule has 12 heteroatoms. The number of aromatic nitrogens is 2. The van der Waals surface area contributed by atoms with E-state index in [1.807, 2.05) is 0 Å². The van der Waals surface area contributed by atoms with Gasteiger partial charge in [-0.05, 0) is 67.9 Å². The molecule has 2 unspecified atom stereocenters. The first-order chi connectivity index (χ1) is 21.5. The van der Waals surface area contributed by atoms with E-state index in [0.29, 0.717) is 28.1 Å². The highest BCUT2D eigenvalue weighted by Gasteiger charge is 2.60. The predicted octanol–water partition coefficient (Wildman–Crippen LogP) is 4.42. The van der Waals surface area contributed by atoms with Gasteiger partial charge in [0.15, 0.2) is 0 Å². The van der Waals surface area contributed by atoms with Crippen molar-refractivity contribution in [2.24, 2.45) is 11.8 Å². The Labute approximate surface area is 259 Å². The molecular weight excluding hydrogens is 585 g/mol. The van der Waals surface area contributed by atoms with E-state index in [1.54, 1.807) is 31.3 Å². The van der Waals surface area contributed by atoms with Crippen molar-refractivity contribution in [3.8, 4) is 17.6 Å². The van der Waals surface area contributed by atoms with E-state index in [1.165, 1.54) is 32.4 Å². The molecule has 0 radical (unpaired) electrons. The van der Waals surface area contributed by atoms with Crippen molar-refractivity contribution in [3.63, 3.8) is 0 Å². The van der Waals surface area contributed by atoms with Crippen molar-refractivity contribution in [1.82, 2.24) is 25.1 Å². The van der Waals surface area contributed by atoms with Crippen LogP contribution in [0.15, 0.2) is 36.7 Å². The maximum Gasteiger partial charge on any atom is 0.406 e. The van der Waals surface area contributed by atoms with Crippen LogP contribution in [0.25, 0.3) is 11.0 Å². The van der Waals surface area contributed by atoms with Crippen molar-refractivity contribution in [2.45, 2.75) is 56.9 Å². The highest BCUT2D eigenvalue weighted by molar-refractivity contribution is 6.05. The molecule has 9 nitrogen and oxygen atoms in total.